The van der Waals surface area contributed by atoms with Crippen LogP contribution in [0.1, 0.15) is 78.6 Å². The lowest BCUT2D eigenvalue weighted by molar-refractivity contribution is 0.270. The summed E-state index contributed by atoms with van der Waals surface area (Å²) in [4.78, 5) is 0. The number of rotatable bonds is 10. The largest absolute Gasteiger partial charge is 0.0936 e. The molecule has 15 heavy (non-hydrogen) atoms. The van der Waals surface area contributed by atoms with E-state index in [1.165, 1.54) is 57.8 Å². The number of hydrogen-bond donors (Lipinski definition) is 0. The fourth-order valence-electron chi connectivity index (χ4n) is 2.16. The summed E-state index contributed by atoms with van der Waals surface area (Å²) >= 11 is 5.30. The second kappa shape index (κ2) is 9.57. The lowest BCUT2D eigenvalue weighted by Crippen LogP contribution is -2.20. The summed E-state index contributed by atoms with van der Waals surface area (Å²) in [5, 5.41) is 0. The van der Waals surface area contributed by atoms with E-state index in [-0.39, 0.29) is 0 Å². The topological polar surface area (TPSA) is 0 Å². The van der Waals surface area contributed by atoms with Crippen LogP contribution in [0.4, 0.5) is 0 Å². The quantitative estimate of drug-likeness (QED) is 0.419. The summed E-state index contributed by atoms with van der Waals surface area (Å²) < 4.78 is 0. The molecule has 0 rings (SSSR count). The van der Waals surface area contributed by atoms with Gasteiger partial charge in [0.15, 0.2) is 0 Å². The second-order valence-electron chi connectivity index (χ2n) is 4.87. The molecule has 0 heterocycles. The van der Waals surface area contributed by atoms with Crippen LogP contribution < -0.4 is 0 Å². The van der Waals surface area contributed by atoms with Gasteiger partial charge < -0.3 is 0 Å². The molecule has 0 saturated heterocycles. The Hall–Kier alpha value is 0.350. The highest BCUT2D eigenvalue weighted by atomic mass is 32.1. The van der Waals surface area contributed by atoms with Crippen molar-refractivity contribution in [3.05, 3.63) is 0 Å². The Bertz CT molecular complexity index is 119. The maximum Gasteiger partial charge on any atom is 0.00934 e. The number of hydrogen-bond acceptors (Lipinski definition) is 0. The lowest BCUT2D eigenvalue weighted by atomic mass is 9.79. The van der Waals surface area contributed by atoms with Crippen molar-refractivity contribution in [1.82, 2.24) is 0 Å². The van der Waals surface area contributed by atoms with E-state index in [9.17, 15) is 0 Å². The minimum Gasteiger partial charge on any atom is -0.0936 e. The average Bonchev–Trinajstić information content (AvgIpc) is 2.29. The fourth-order valence-corrected chi connectivity index (χ4v) is 2.71. The van der Waals surface area contributed by atoms with Crippen molar-refractivity contribution in [1.29, 1.82) is 0 Å². The Morgan fingerprint density at radius 2 is 1.33 bits per heavy atom. The van der Waals surface area contributed by atoms with E-state index < -0.39 is 0 Å². The molecule has 0 aromatic carbocycles. The third-order valence-corrected chi connectivity index (χ3v) is 4.48. The van der Waals surface area contributed by atoms with Crippen molar-refractivity contribution in [3.8, 4) is 0 Å². The van der Waals surface area contributed by atoms with Crippen molar-refractivity contribution in [3.63, 3.8) is 0 Å². The lowest BCUT2D eigenvalue weighted by Gasteiger charge is -2.29. The van der Waals surface area contributed by atoms with Gasteiger partial charge in [-0.15, -0.1) is 0 Å². The summed E-state index contributed by atoms with van der Waals surface area (Å²) in [7, 11) is 0. The molecular formula is C14H29S. The highest BCUT2D eigenvalue weighted by molar-refractivity contribution is 7.80. The van der Waals surface area contributed by atoms with E-state index in [0.29, 0.717) is 5.41 Å². The van der Waals surface area contributed by atoms with E-state index in [4.69, 9.17) is 12.6 Å². The first-order valence-corrected chi connectivity index (χ1v) is 7.40. The Kier molecular flexibility index (Phi) is 9.79. The molecule has 0 aliphatic heterocycles. The smallest absolute Gasteiger partial charge is 0.00934 e. The Morgan fingerprint density at radius 3 is 1.80 bits per heavy atom. The van der Waals surface area contributed by atoms with Crippen molar-refractivity contribution in [2.24, 2.45) is 5.41 Å². The Labute approximate surface area is 103 Å². The molecule has 1 radical (unpaired) electrons. The molecule has 0 nitrogen and oxygen atoms in total. The molecule has 0 aliphatic rings. The van der Waals surface area contributed by atoms with Crippen LogP contribution in [0.15, 0.2) is 0 Å². The summed E-state index contributed by atoms with van der Waals surface area (Å²) in [6.45, 7) is 6.87. The average molecular weight is 229 g/mol. The molecule has 91 valence electrons. The fraction of sp³-hybridized carbons (Fsp3) is 1.00. The van der Waals surface area contributed by atoms with Crippen molar-refractivity contribution < 1.29 is 0 Å². The molecule has 0 aromatic rings. The van der Waals surface area contributed by atoms with E-state index in [2.05, 4.69) is 20.8 Å². The molecule has 0 spiro atoms. The Morgan fingerprint density at radius 1 is 0.800 bits per heavy atom. The van der Waals surface area contributed by atoms with Gasteiger partial charge in [0.2, 0.25) is 0 Å². The van der Waals surface area contributed by atoms with Crippen molar-refractivity contribution >= 4 is 12.6 Å². The third-order valence-electron chi connectivity index (χ3n) is 3.87. The van der Waals surface area contributed by atoms with Crippen LogP contribution >= 0.6 is 12.6 Å². The van der Waals surface area contributed by atoms with E-state index in [1.807, 2.05) is 0 Å². The molecule has 0 fully saturated rings. The zero-order chi connectivity index (χ0) is 11.6. The van der Waals surface area contributed by atoms with Crippen LogP contribution in [-0.2, 0) is 0 Å². The third kappa shape index (κ3) is 6.50. The standard InChI is InChI=1S/C14H29S/c1-4-7-8-9-10-11-12-14(5-2,6-3)13-15/h4-13H2,1-3H3. The molecule has 0 saturated carbocycles. The van der Waals surface area contributed by atoms with Crippen LogP contribution in [0, 0.1) is 5.41 Å². The van der Waals surface area contributed by atoms with Crippen LogP contribution in [0.3, 0.4) is 0 Å². The molecule has 1 heteroatoms. The normalized spacial score (nSPS) is 12.0. The van der Waals surface area contributed by atoms with Gasteiger partial charge in [-0.1, -0.05) is 71.9 Å². The minimum absolute atomic E-state index is 0.486. The first-order chi connectivity index (χ1) is 7.24. The van der Waals surface area contributed by atoms with Crippen LogP contribution in [0.5, 0.6) is 0 Å². The summed E-state index contributed by atoms with van der Waals surface area (Å²) in [5.74, 6) is 0.953. The monoisotopic (exact) mass is 229 g/mol. The first kappa shape index (κ1) is 15.3. The number of unbranched alkanes of at least 4 members (excludes halogenated alkanes) is 5. The van der Waals surface area contributed by atoms with E-state index in [1.54, 1.807) is 0 Å². The first-order valence-electron chi connectivity index (χ1n) is 6.82. The molecule has 0 aliphatic carbocycles. The highest BCUT2D eigenvalue weighted by Gasteiger charge is 2.23. The van der Waals surface area contributed by atoms with Crippen molar-refractivity contribution in [2.45, 2.75) is 78.6 Å². The molecule has 0 N–H and O–H groups in total. The van der Waals surface area contributed by atoms with Gasteiger partial charge in [0.05, 0.1) is 0 Å². The van der Waals surface area contributed by atoms with Crippen LogP contribution in [-0.4, -0.2) is 5.75 Å². The van der Waals surface area contributed by atoms with Gasteiger partial charge in [-0.25, -0.2) is 0 Å². The summed E-state index contributed by atoms with van der Waals surface area (Å²) in [5.41, 5.74) is 0.486. The minimum atomic E-state index is 0.486. The molecule has 0 aromatic heterocycles. The Balaban J connectivity index is 3.54. The molecule has 0 unspecified atom stereocenters. The summed E-state index contributed by atoms with van der Waals surface area (Å²) in [6.07, 6.45) is 12.3. The SMILES string of the molecule is CCCCCCCCC(CC)(CC)C[S]. The van der Waals surface area contributed by atoms with Crippen molar-refractivity contribution in [2.75, 3.05) is 5.75 Å². The molecule has 0 atom stereocenters. The second-order valence-corrected chi connectivity index (χ2v) is 5.16. The van der Waals surface area contributed by atoms with Crippen LogP contribution in [0.2, 0.25) is 0 Å². The maximum atomic E-state index is 5.30. The van der Waals surface area contributed by atoms with Gasteiger partial charge in [-0.05, 0) is 24.7 Å². The van der Waals surface area contributed by atoms with Gasteiger partial charge in [-0.3, -0.25) is 0 Å². The highest BCUT2D eigenvalue weighted by Crippen LogP contribution is 2.33. The van der Waals surface area contributed by atoms with Gasteiger partial charge in [0.1, 0.15) is 0 Å². The van der Waals surface area contributed by atoms with Gasteiger partial charge >= 0.3 is 0 Å². The summed E-state index contributed by atoms with van der Waals surface area (Å²) in [6, 6.07) is 0. The predicted octanol–water partition coefficient (Wildman–Crippen LogP) is 5.74. The van der Waals surface area contributed by atoms with Gasteiger partial charge in [0.25, 0.3) is 0 Å². The van der Waals surface area contributed by atoms with Gasteiger partial charge in [-0.2, -0.15) is 0 Å². The van der Waals surface area contributed by atoms with E-state index >= 15 is 0 Å². The molecule has 0 bridgehead atoms. The van der Waals surface area contributed by atoms with E-state index in [0.717, 1.165) is 5.75 Å². The van der Waals surface area contributed by atoms with Gasteiger partial charge in [0, 0.05) is 5.75 Å². The zero-order valence-corrected chi connectivity index (χ0v) is 11.8. The molecule has 0 amide bonds. The molecular weight excluding hydrogens is 200 g/mol. The zero-order valence-electron chi connectivity index (χ0n) is 11.0. The van der Waals surface area contributed by atoms with Crippen LogP contribution in [0.25, 0.3) is 0 Å². The maximum absolute atomic E-state index is 5.30. The predicted molar refractivity (Wildman–Crippen MR) is 73.5 cm³/mol.